The summed E-state index contributed by atoms with van der Waals surface area (Å²) in [4.78, 5) is 0. The van der Waals surface area contributed by atoms with E-state index in [4.69, 9.17) is 14.2 Å². The van der Waals surface area contributed by atoms with E-state index in [-0.39, 0.29) is 6.10 Å². The second kappa shape index (κ2) is 7.11. The molecule has 1 aromatic rings. The van der Waals surface area contributed by atoms with Crippen molar-refractivity contribution in [1.29, 1.82) is 0 Å². The summed E-state index contributed by atoms with van der Waals surface area (Å²) in [7, 11) is 1.64. The molecule has 0 aromatic heterocycles. The average molecular weight is 295 g/mol. The van der Waals surface area contributed by atoms with Crippen LogP contribution < -0.4 is 14.8 Å². The van der Waals surface area contributed by atoms with Crippen LogP contribution in [0.1, 0.15) is 25.8 Å². The second-order valence-corrected chi connectivity index (χ2v) is 5.78. The van der Waals surface area contributed by atoms with Crippen molar-refractivity contribution in [1.82, 2.24) is 5.32 Å². The summed E-state index contributed by atoms with van der Waals surface area (Å²) in [6, 6.07) is 5.88. The Kier molecular flexibility index (Phi) is 5.45. The van der Waals surface area contributed by atoms with Gasteiger partial charge in [-0.3, -0.25) is 0 Å². The predicted octanol–water partition coefficient (Wildman–Crippen LogP) is 1.72. The van der Waals surface area contributed by atoms with Gasteiger partial charge in [-0.25, -0.2) is 0 Å². The molecule has 0 amide bonds. The maximum Gasteiger partial charge on any atom is 0.161 e. The fourth-order valence-electron chi connectivity index (χ4n) is 2.35. The van der Waals surface area contributed by atoms with Crippen LogP contribution in [-0.4, -0.2) is 43.7 Å². The summed E-state index contributed by atoms with van der Waals surface area (Å²) >= 11 is 0. The SMILES string of the molecule is COc1cc(CNCC2(O)CCOC2)ccc1OC(C)C. The molecule has 1 aliphatic rings. The molecule has 5 heteroatoms. The highest BCUT2D eigenvalue weighted by Gasteiger charge is 2.31. The van der Waals surface area contributed by atoms with E-state index in [0.29, 0.717) is 32.7 Å². The lowest BCUT2D eigenvalue weighted by molar-refractivity contribution is 0.0268. The normalized spacial score (nSPS) is 21.8. The average Bonchev–Trinajstić information content (AvgIpc) is 2.86. The second-order valence-electron chi connectivity index (χ2n) is 5.78. The molecule has 0 saturated carbocycles. The van der Waals surface area contributed by atoms with E-state index in [9.17, 15) is 5.11 Å². The van der Waals surface area contributed by atoms with Crippen LogP contribution >= 0.6 is 0 Å². The van der Waals surface area contributed by atoms with Crippen molar-refractivity contribution in [2.45, 2.75) is 38.5 Å². The van der Waals surface area contributed by atoms with E-state index in [1.54, 1.807) is 7.11 Å². The first-order chi connectivity index (χ1) is 10.0. The van der Waals surface area contributed by atoms with E-state index in [1.165, 1.54) is 0 Å². The van der Waals surface area contributed by atoms with E-state index in [0.717, 1.165) is 17.1 Å². The molecule has 0 bridgehead atoms. The van der Waals surface area contributed by atoms with Crippen molar-refractivity contribution in [3.8, 4) is 11.5 Å². The summed E-state index contributed by atoms with van der Waals surface area (Å²) in [6.07, 6.45) is 0.796. The molecule has 0 spiro atoms. The zero-order chi connectivity index (χ0) is 15.3. The number of hydrogen-bond donors (Lipinski definition) is 2. The summed E-state index contributed by atoms with van der Waals surface area (Å²) in [6.45, 7) is 6.20. The molecule has 0 aliphatic carbocycles. The zero-order valence-electron chi connectivity index (χ0n) is 13.0. The number of nitrogens with one attached hydrogen (secondary N) is 1. The van der Waals surface area contributed by atoms with E-state index in [1.807, 2.05) is 32.0 Å². The summed E-state index contributed by atoms with van der Waals surface area (Å²) in [5.41, 5.74) is 0.357. The molecule has 1 aromatic carbocycles. The van der Waals surface area contributed by atoms with Gasteiger partial charge < -0.3 is 24.6 Å². The number of hydrogen-bond acceptors (Lipinski definition) is 5. The minimum atomic E-state index is -0.731. The molecular weight excluding hydrogens is 270 g/mol. The molecule has 5 nitrogen and oxygen atoms in total. The lowest BCUT2D eigenvalue weighted by Crippen LogP contribution is -2.40. The van der Waals surface area contributed by atoms with Crippen molar-refractivity contribution in [2.24, 2.45) is 0 Å². The van der Waals surface area contributed by atoms with Crippen LogP contribution in [-0.2, 0) is 11.3 Å². The van der Waals surface area contributed by atoms with Crippen molar-refractivity contribution in [3.63, 3.8) is 0 Å². The molecule has 2 rings (SSSR count). The Morgan fingerprint density at radius 2 is 2.19 bits per heavy atom. The molecule has 1 fully saturated rings. The van der Waals surface area contributed by atoms with Gasteiger partial charge in [0.15, 0.2) is 11.5 Å². The van der Waals surface area contributed by atoms with Crippen LogP contribution in [0, 0.1) is 0 Å². The highest BCUT2D eigenvalue weighted by Crippen LogP contribution is 2.29. The fraction of sp³-hybridized carbons (Fsp3) is 0.625. The van der Waals surface area contributed by atoms with E-state index < -0.39 is 5.60 Å². The number of ether oxygens (including phenoxy) is 3. The summed E-state index contributed by atoms with van der Waals surface area (Å²) < 4.78 is 16.3. The standard InChI is InChI=1S/C16H25NO4/c1-12(2)21-14-5-4-13(8-15(14)19-3)9-17-10-16(18)6-7-20-11-16/h4-5,8,12,17-18H,6-7,9-11H2,1-3H3. The molecule has 21 heavy (non-hydrogen) atoms. The smallest absolute Gasteiger partial charge is 0.161 e. The molecule has 0 radical (unpaired) electrons. The van der Waals surface area contributed by atoms with Gasteiger partial charge >= 0.3 is 0 Å². The van der Waals surface area contributed by atoms with E-state index >= 15 is 0 Å². The van der Waals surface area contributed by atoms with Crippen LogP contribution in [0.3, 0.4) is 0 Å². The van der Waals surface area contributed by atoms with Crippen LogP contribution in [0.2, 0.25) is 0 Å². The molecule has 1 heterocycles. The van der Waals surface area contributed by atoms with Crippen molar-refractivity contribution in [3.05, 3.63) is 23.8 Å². The lowest BCUT2D eigenvalue weighted by atomic mass is 10.0. The van der Waals surface area contributed by atoms with Gasteiger partial charge in [-0.15, -0.1) is 0 Å². The van der Waals surface area contributed by atoms with E-state index in [2.05, 4.69) is 5.32 Å². The van der Waals surface area contributed by atoms with Crippen molar-refractivity contribution >= 4 is 0 Å². The third-order valence-electron chi connectivity index (χ3n) is 3.46. The van der Waals surface area contributed by atoms with Crippen molar-refractivity contribution in [2.75, 3.05) is 26.9 Å². The molecule has 1 atom stereocenters. The molecule has 2 N–H and O–H groups in total. The van der Waals surface area contributed by atoms with Gasteiger partial charge in [0.05, 0.1) is 19.8 Å². The Bertz CT molecular complexity index is 456. The monoisotopic (exact) mass is 295 g/mol. The Balaban J connectivity index is 1.91. The number of methoxy groups -OCH3 is 1. The molecule has 1 saturated heterocycles. The van der Waals surface area contributed by atoms with Gasteiger partial charge in [0.2, 0.25) is 0 Å². The van der Waals surface area contributed by atoms with Crippen LogP contribution in [0.25, 0.3) is 0 Å². The van der Waals surface area contributed by atoms with Gasteiger partial charge in [-0.2, -0.15) is 0 Å². The first-order valence-corrected chi connectivity index (χ1v) is 7.37. The largest absolute Gasteiger partial charge is 0.493 e. The Hall–Kier alpha value is -1.30. The van der Waals surface area contributed by atoms with Gasteiger partial charge in [0.25, 0.3) is 0 Å². The Morgan fingerprint density at radius 1 is 1.38 bits per heavy atom. The zero-order valence-corrected chi connectivity index (χ0v) is 13.0. The molecular formula is C16H25NO4. The maximum atomic E-state index is 10.2. The lowest BCUT2D eigenvalue weighted by Gasteiger charge is -2.21. The minimum Gasteiger partial charge on any atom is -0.493 e. The maximum absolute atomic E-state index is 10.2. The topological polar surface area (TPSA) is 60.0 Å². The summed E-state index contributed by atoms with van der Waals surface area (Å²) in [5, 5.41) is 13.5. The fourth-order valence-corrected chi connectivity index (χ4v) is 2.35. The highest BCUT2D eigenvalue weighted by molar-refractivity contribution is 5.43. The summed E-state index contributed by atoms with van der Waals surface area (Å²) in [5.74, 6) is 1.48. The van der Waals surface area contributed by atoms with Gasteiger partial charge in [0, 0.05) is 26.1 Å². The third kappa shape index (κ3) is 4.59. The number of rotatable bonds is 7. The van der Waals surface area contributed by atoms with Gasteiger partial charge in [0.1, 0.15) is 5.60 Å². The van der Waals surface area contributed by atoms with Crippen LogP contribution in [0.4, 0.5) is 0 Å². The van der Waals surface area contributed by atoms with Gasteiger partial charge in [-0.05, 0) is 31.5 Å². The molecule has 1 aliphatic heterocycles. The van der Waals surface area contributed by atoms with Crippen LogP contribution in [0.5, 0.6) is 11.5 Å². The predicted molar refractivity (Wildman–Crippen MR) is 80.9 cm³/mol. The van der Waals surface area contributed by atoms with Crippen LogP contribution in [0.15, 0.2) is 18.2 Å². The number of aliphatic hydroxyl groups is 1. The quantitative estimate of drug-likeness (QED) is 0.802. The Morgan fingerprint density at radius 3 is 2.81 bits per heavy atom. The van der Waals surface area contributed by atoms with Crippen molar-refractivity contribution < 1.29 is 19.3 Å². The first-order valence-electron chi connectivity index (χ1n) is 7.37. The molecule has 118 valence electrons. The van der Waals surface area contributed by atoms with Gasteiger partial charge in [-0.1, -0.05) is 6.07 Å². The highest BCUT2D eigenvalue weighted by atomic mass is 16.5. The number of benzene rings is 1. The Labute approximate surface area is 126 Å². The molecule has 1 unspecified atom stereocenters. The minimum absolute atomic E-state index is 0.111. The third-order valence-corrected chi connectivity index (χ3v) is 3.46. The first kappa shape index (κ1) is 16.1.